The highest BCUT2D eigenvalue weighted by atomic mass is 16.5. The summed E-state index contributed by atoms with van der Waals surface area (Å²) in [5.41, 5.74) is 0.422. The second kappa shape index (κ2) is 7.44. The van der Waals surface area contributed by atoms with Crippen molar-refractivity contribution in [2.24, 2.45) is 0 Å². The summed E-state index contributed by atoms with van der Waals surface area (Å²) in [4.78, 5) is 11.3. The predicted octanol–water partition coefficient (Wildman–Crippen LogP) is 2.85. The van der Waals surface area contributed by atoms with Gasteiger partial charge >= 0.3 is 5.97 Å². The highest BCUT2D eigenvalue weighted by Gasteiger charge is 2.15. The molecule has 0 aromatic rings. The van der Waals surface area contributed by atoms with Gasteiger partial charge in [0.2, 0.25) is 0 Å². The van der Waals surface area contributed by atoms with Gasteiger partial charge in [0.15, 0.2) is 0 Å². The Morgan fingerprint density at radius 2 is 1.88 bits per heavy atom. The molecule has 0 aromatic carbocycles. The molecule has 1 saturated carbocycles. The van der Waals surface area contributed by atoms with Crippen LogP contribution in [-0.4, -0.2) is 25.3 Å². The summed E-state index contributed by atoms with van der Waals surface area (Å²) in [6, 6.07) is 0. The Bertz CT molecular complexity index is 227. The summed E-state index contributed by atoms with van der Waals surface area (Å²) in [5, 5.41) is 0. The molecule has 16 heavy (non-hydrogen) atoms. The molecule has 1 aliphatic rings. The molecule has 0 aromatic heterocycles. The molecule has 0 saturated heterocycles. The zero-order chi connectivity index (χ0) is 11.8. The van der Waals surface area contributed by atoms with E-state index < -0.39 is 0 Å². The molecule has 0 radical (unpaired) electrons. The van der Waals surface area contributed by atoms with Gasteiger partial charge in [-0.2, -0.15) is 0 Å². The molecule has 0 unspecified atom stereocenters. The van der Waals surface area contributed by atoms with Gasteiger partial charge in [0, 0.05) is 0 Å². The van der Waals surface area contributed by atoms with Crippen LogP contribution in [0.3, 0.4) is 0 Å². The first-order valence-corrected chi connectivity index (χ1v) is 6.20. The molecule has 0 atom stereocenters. The number of carbonyl (C=O) groups is 1. The van der Waals surface area contributed by atoms with Gasteiger partial charge in [-0.25, -0.2) is 4.79 Å². The maximum atomic E-state index is 11.3. The first kappa shape index (κ1) is 13.2. The van der Waals surface area contributed by atoms with E-state index in [0.717, 1.165) is 12.8 Å². The molecule has 1 rings (SSSR count). The van der Waals surface area contributed by atoms with E-state index in [1.54, 1.807) is 6.92 Å². The fourth-order valence-corrected chi connectivity index (χ4v) is 1.92. The molecular weight excluding hydrogens is 204 g/mol. The maximum absolute atomic E-state index is 11.3. The summed E-state index contributed by atoms with van der Waals surface area (Å²) < 4.78 is 10.5. The lowest BCUT2D eigenvalue weighted by Crippen LogP contribution is -2.17. The smallest absolute Gasteiger partial charge is 0.335 e. The normalized spacial score (nSPS) is 17.8. The van der Waals surface area contributed by atoms with Crippen LogP contribution in [0.15, 0.2) is 12.2 Å². The van der Waals surface area contributed by atoms with E-state index in [2.05, 4.69) is 6.58 Å². The van der Waals surface area contributed by atoms with Crippen LogP contribution in [0, 0.1) is 0 Å². The van der Waals surface area contributed by atoms with Crippen molar-refractivity contribution in [1.29, 1.82) is 0 Å². The summed E-state index contributed by atoms with van der Waals surface area (Å²) in [6.07, 6.45) is 7.59. The quantitative estimate of drug-likeness (QED) is 0.411. The first-order valence-electron chi connectivity index (χ1n) is 6.20. The summed E-state index contributed by atoms with van der Waals surface area (Å²) in [6.45, 7) is 6.17. The van der Waals surface area contributed by atoms with Crippen LogP contribution in [0.5, 0.6) is 0 Å². The first-order chi connectivity index (χ1) is 7.74. The van der Waals surface area contributed by atoms with Crippen molar-refractivity contribution in [3.05, 3.63) is 12.2 Å². The van der Waals surface area contributed by atoms with E-state index >= 15 is 0 Å². The Kier molecular flexibility index (Phi) is 6.16. The Balaban J connectivity index is 2.21. The topological polar surface area (TPSA) is 35.5 Å². The molecule has 92 valence electrons. The third-order valence-corrected chi connectivity index (χ3v) is 2.86. The van der Waals surface area contributed by atoms with Crippen molar-refractivity contribution in [2.75, 3.05) is 13.2 Å². The Hall–Kier alpha value is -0.830. The van der Waals surface area contributed by atoms with Crippen molar-refractivity contribution in [2.45, 2.75) is 51.6 Å². The van der Waals surface area contributed by atoms with Crippen molar-refractivity contribution in [3.63, 3.8) is 0 Å². The zero-order valence-corrected chi connectivity index (χ0v) is 10.2. The molecule has 0 spiro atoms. The zero-order valence-electron chi connectivity index (χ0n) is 10.2. The Morgan fingerprint density at radius 3 is 2.44 bits per heavy atom. The predicted molar refractivity (Wildman–Crippen MR) is 63.2 cm³/mol. The third kappa shape index (κ3) is 4.79. The number of esters is 1. The lowest BCUT2D eigenvalue weighted by molar-refractivity contribution is -0.139. The number of carbonyl (C=O) groups excluding carboxylic acids is 1. The van der Waals surface area contributed by atoms with Crippen LogP contribution in [-0.2, 0) is 14.3 Å². The Morgan fingerprint density at radius 1 is 1.25 bits per heavy atom. The average Bonchev–Trinajstić information content (AvgIpc) is 2.54. The van der Waals surface area contributed by atoms with Crippen LogP contribution < -0.4 is 0 Å². The van der Waals surface area contributed by atoms with Gasteiger partial charge in [-0.3, -0.25) is 0 Å². The second-order valence-electron chi connectivity index (χ2n) is 4.25. The lowest BCUT2D eigenvalue weighted by Gasteiger charge is -2.15. The van der Waals surface area contributed by atoms with Crippen molar-refractivity contribution < 1.29 is 14.3 Å². The maximum Gasteiger partial charge on any atom is 0.335 e. The molecule has 0 amide bonds. The molecule has 3 heteroatoms. The van der Waals surface area contributed by atoms with Crippen LogP contribution >= 0.6 is 0 Å². The van der Waals surface area contributed by atoms with Crippen molar-refractivity contribution in [1.82, 2.24) is 0 Å². The van der Waals surface area contributed by atoms with Crippen molar-refractivity contribution >= 4 is 5.97 Å². The van der Waals surface area contributed by atoms with E-state index in [1.165, 1.54) is 25.7 Å². The van der Waals surface area contributed by atoms with Gasteiger partial charge in [0.25, 0.3) is 0 Å². The Labute approximate surface area is 97.8 Å². The van der Waals surface area contributed by atoms with Gasteiger partial charge in [-0.15, -0.1) is 0 Å². The average molecular weight is 226 g/mol. The summed E-state index contributed by atoms with van der Waals surface area (Å²) in [7, 11) is 0. The molecule has 0 N–H and O–H groups in total. The van der Waals surface area contributed by atoms with E-state index in [4.69, 9.17) is 9.47 Å². The number of rotatable bonds is 5. The monoisotopic (exact) mass is 226 g/mol. The highest BCUT2D eigenvalue weighted by molar-refractivity contribution is 5.87. The van der Waals surface area contributed by atoms with Gasteiger partial charge < -0.3 is 9.47 Å². The lowest BCUT2D eigenvalue weighted by atomic mass is 10.1. The van der Waals surface area contributed by atoms with Crippen LogP contribution in [0.25, 0.3) is 0 Å². The van der Waals surface area contributed by atoms with Crippen LogP contribution in [0.1, 0.15) is 45.4 Å². The number of hydrogen-bond acceptors (Lipinski definition) is 3. The molecule has 1 fully saturated rings. The highest BCUT2D eigenvalue weighted by Crippen LogP contribution is 2.20. The molecular formula is C13H22O3. The number of ether oxygens (including phenoxy) is 2. The van der Waals surface area contributed by atoms with Gasteiger partial charge in [-0.05, 0) is 19.8 Å². The van der Waals surface area contributed by atoms with Gasteiger partial charge in [0.1, 0.15) is 0 Å². The molecule has 3 nitrogen and oxygen atoms in total. The van der Waals surface area contributed by atoms with Crippen LogP contribution in [0.2, 0.25) is 0 Å². The third-order valence-electron chi connectivity index (χ3n) is 2.86. The fourth-order valence-electron chi connectivity index (χ4n) is 1.92. The molecule has 0 bridgehead atoms. The minimum Gasteiger partial charge on any atom is -0.463 e. The molecule has 0 heterocycles. The van der Waals surface area contributed by atoms with E-state index in [-0.39, 0.29) is 5.97 Å². The van der Waals surface area contributed by atoms with Crippen LogP contribution in [0.4, 0.5) is 0 Å². The van der Waals surface area contributed by atoms with Gasteiger partial charge in [0.05, 0.1) is 24.9 Å². The fraction of sp³-hybridized carbons (Fsp3) is 0.769. The second-order valence-corrected chi connectivity index (χ2v) is 4.25. The minimum atomic E-state index is -0.337. The van der Waals surface area contributed by atoms with Gasteiger partial charge in [-0.1, -0.05) is 32.3 Å². The number of hydrogen-bond donors (Lipinski definition) is 0. The standard InChI is InChI=1S/C13H22O3/c1-3-15-13(14)11(2)10-16-12-8-6-4-5-7-9-12/h12H,2-10H2,1H3. The molecule has 0 aliphatic heterocycles. The summed E-state index contributed by atoms with van der Waals surface area (Å²) in [5.74, 6) is -0.337. The largest absolute Gasteiger partial charge is 0.463 e. The molecule has 1 aliphatic carbocycles. The SMILES string of the molecule is C=C(COC1CCCCCC1)C(=O)OCC. The van der Waals surface area contributed by atoms with E-state index in [0.29, 0.717) is 24.9 Å². The summed E-state index contributed by atoms with van der Waals surface area (Å²) >= 11 is 0. The van der Waals surface area contributed by atoms with Crippen molar-refractivity contribution in [3.8, 4) is 0 Å². The van der Waals surface area contributed by atoms with E-state index in [9.17, 15) is 4.79 Å². The minimum absolute atomic E-state index is 0.300. The van der Waals surface area contributed by atoms with E-state index in [1.807, 2.05) is 0 Å².